The van der Waals surface area contributed by atoms with Gasteiger partial charge in [0.2, 0.25) is 5.91 Å². The highest BCUT2D eigenvalue weighted by Crippen LogP contribution is 2.22. The van der Waals surface area contributed by atoms with Crippen molar-refractivity contribution in [2.75, 3.05) is 24.5 Å². The number of anilines is 1. The largest absolute Gasteiger partial charge is 0.309 e. The molecule has 0 atom stereocenters. The number of carbonyl (C=O) groups is 1. The van der Waals surface area contributed by atoms with Gasteiger partial charge in [0.15, 0.2) is 0 Å². The summed E-state index contributed by atoms with van der Waals surface area (Å²) >= 11 is 0. The standard InChI is InChI=1S/C20H21N3O/c1-2-16-7-3-4-9-18(16)14-22-11-12-23(20(24)15-22)19-10-6-5-8-17(19)13-21/h3-10H,2,11-12,14-15H2,1H3. The van der Waals surface area contributed by atoms with Gasteiger partial charge in [-0.2, -0.15) is 5.26 Å². The van der Waals surface area contributed by atoms with Crippen molar-refractivity contribution in [2.24, 2.45) is 0 Å². The number of hydrogen-bond donors (Lipinski definition) is 0. The minimum Gasteiger partial charge on any atom is -0.309 e. The Morgan fingerprint density at radius 2 is 1.75 bits per heavy atom. The van der Waals surface area contributed by atoms with Crippen molar-refractivity contribution in [2.45, 2.75) is 19.9 Å². The Morgan fingerprint density at radius 1 is 1.04 bits per heavy atom. The smallest absolute Gasteiger partial charge is 0.241 e. The van der Waals surface area contributed by atoms with Crippen molar-refractivity contribution in [1.82, 2.24) is 4.90 Å². The molecule has 24 heavy (non-hydrogen) atoms. The Hall–Kier alpha value is -2.64. The number of piperazine rings is 1. The number of carbonyl (C=O) groups excluding carboxylic acids is 1. The van der Waals surface area contributed by atoms with E-state index in [4.69, 9.17) is 0 Å². The Kier molecular flexibility index (Phi) is 4.93. The maximum atomic E-state index is 12.6. The van der Waals surface area contributed by atoms with E-state index in [-0.39, 0.29) is 5.91 Å². The number of nitriles is 1. The number of amides is 1. The second-order valence-corrected chi connectivity index (χ2v) is 6.01. The van der Waals surface area contributed by atoms with Crippen LogP contribution in [0.5, 0.6) is 0 Å². The summed E-state index contributed by atoms with van der Waals surface area (Å²) in [7, 11) is 0. The van der Waals surface area contributed by atoms with E-state index >= 15 is 0 Å². The van der Waals surface area contributed by atoms with E-state index in [1.165, 1.54) is 11.1 Å². The maximum absolute atomic E-state index is 12.6. The van der Waals surface area contributed by atoms with Gasteiger partial charge in [0.1, 0.15) is 6.07 Å². The fraction of sp³-hybridized carbons (Fsp3) is 0.300. The molecule has 1 aliphatic rings. The predicted molar refractivity (Wildman–Crippen MR) is 94.6 cm³/mol. The Morgan fingerprint density at radius 3 is 2.46 bits per heavy atom. The Bertz CT molecular complexity index is 778. The molecule has 2 aromatic carbocycles. The fourth-order valence-electron chi connectivity index (χ4n) is 3.21. The lowest BCUT2D eigenvalue weighted by molar-refractivity contribution is -0.121. The Labute approximate surface area is 142 Å². The van der Waals surface area contributed by atoms with Crippen LogP contribution in [0.1, 0.15) is 23.6 Å². The average Bonchev–Trinajstić information content (AvgIpc) is 2.62. The molecule has 0 saturated carbocycles. The second-order valence-electron chi connectivity index (χ2n) is 6.01. The van der Waals surface area contributed by atoms with E-state index in [1.54, 1.807) is 11.0 Å². The van der Waals surface area contributed by atoms with E-state index in [1.807, 2.05) is 18.2 Å². The SMILES string of the molecule is CCc1ccccc1CN1CCN(c2ccccc2C#N)C(=O)C1. The third-order valence-electron chi connectivity index (χ3n) is 4.51. The van der Waals surface area contributed by atoms with Gasteiger partial charge < -0.3 is 4.90 Å². The summed E-state index contributed by atoms with van der Waals surface area (Å²) in [5.74, 6) is 0.0536. The normalized spacial score (nSPS) is 15.3. The zero-order valence-electron chi connectivity index (χ0n) is 13.9. The van der Waals surface area contributed by atoms with Crippen LogP contribution in [0.15, 0.2) is 48.5 Å². The van der Waals surface area contributed by atoms with E-state index in [0.29, 0.717) is 18.7 Å². The third kappa shape index (κ3) is 3.32. The molecule has 122 valence electrons. The molecule has 0 aromatic heterocycles. The van der Waals surface area contributed by atoms with Gasteiger partial charge in [-0.3, -0.25) is 9.69 Å². The number of benzene rings is 2. The highest BCUT2D eigenvalue weighted by molar-refractivity contribution is 5.96. The molecule has 0 N–H and O–H groups in total. The van der Waals surface area contributed by atoms with Crippen molar-refractivity contribution in [1.29, 1.82) is 5.26 Å². The second kappa shape index (κ2) is 7.29. The molecule has 1 fully saturated rings. The summed E-state index contributed by atoms with van der Waals surface area (Å²) in [6, 6.07) is 17.9. The molecular weight excluding hydrogens is 298 g/mol. The summed E-state index contributed by atoms with van der Waals surface area (Å²) in [5, 5.41) is 9.24. The van der Waals surface area contributed by atoms with Gasteiger partial charge in [-0.1, -0.05) is 43.3 Å². The number of aryl methyl sites for hydroxylation is 1. The van der Waals surface area contributed by atoms with Gasteiger partial charge in [-0.25, -0.2) is 0 Å². The minimum atomic E-state index is 0.0536. The van der Waals surface area contributed by atoms with Crippen LogP contribution in [0.25, 0.3) is 0 Å². The highest BCUT2D eigenvalue weighted by atomic mass is 16.2. The third-order valence-corrected chi connectivity index (χ3v) is 4.51. The molecule has 0 aliphatic carbocycles. The van der Waals surface area contributed by atoms with Gasteiger partial charge >= 0.3 is 0 Å². The molecule has 0 bridgehead atoms. The van der Waals surface area contributed by atoms with Gasteiger partial charge in [0, 0.05) is 19.6 Å². The van der Waals surface area contributed by atoms with Crippen LogP contribution < -0.4 is 4.90 Å². The lowest BCUT2D eigenvalue weighted by atomic mass is 10.0. The number of hydrogen-bond acceptors (Lipinski definition) is 3. The molecule has 0 spiro atoms. The topological polar surface area (TPSA) is 47.3 Å². The molecule has 4 nitrogen and oxygen atoms in total. The van der Waals surface area contributed by atoms with Gasteiger partial charge in [-0.15, -0.1) is 0 Å². The Balaban J connectivity index is 1.72. The number of para-hydroxylation sites is 1. The van der Waals surface area contributed by atoms with Crippen LogP contribution in [0.3, 0.4) is 0 Å². The van der Waals surface area contributed by atoms with Crippen molar-refractivity contribution in [3.05, 3.63) is 65.2 Å². The minimum absolute atomic E-state index is 0.0536. The van der Waals surface area contributed by atoms with E-state index < -0.39 is 0 Å². The molecule has 1 saturated heterocycles. The quantitative estimate of drug-likeness (QED) is 0.870. The molecule has 2 aromatic rings. The summed E-state index contributed by atoms with van der Waals surface area (Å²) in [6.45, 7) is 4.76. The van der Waals surface area contributed by atoms with Crippen LogP contribution in [-0.2, 0) is 17.8 Å². The summed E-state index contributed by atoms with van der Waals surface area (Å²) in [6.07, 6.45) is 1.000. The molecule has 0 radical (unpaired) electrons. The molecule has 4 heteroatoms. The number of rotatable bonds is 4. The van der Waals surface area contributed by atoms with Crippen molar-refractivity contribution < 1.29 is 4.79 Å². The first kappa shape index (κ1) is 16.2. The van der Waals surface area contributed by atoms with Gasteiger partial charge in [-0.05, 0) is 29.7 Å². The molecule has 1 heterocycles. The average molecular weight is 319 g/mol. The highest BCUT2D eigenvalue weighted by Gasteiger charge is 2.26. The van der Waals surface area contributed by atoms with Crippen molar-refractivity contribution >= 4 is 11.6 Å². The molecule has 0 unspecified atom stereocenters. The van der Waals surface area contributed by atoms with Crippen molar-refractivity contribution in [3.63, 3.8) is 0 Å². The summed E-state index contributed by atoms with van der Waals surface area (Å²) in [4.78, 5) is 16.5. The first-order chi connectivity index (χ1) is 11.7. The summed E-state index contributed by atoms with van der Waals surface area (Å²) < 4.78 is 0. The molecule has 1 aliphatic heterocycles. The van der Waals surface area contributed by atoms with Crippen LogP contribution in [0.2, 0.25) is 0 Å². The maximum Gasteiger partial charge on any atom is 0.241 e. The van der Waals surface area contributed by atoms with Crippen LogP contribution in [0, 0.1) is 11.3 Å². The first-order valence-electron chi connectivity index (χ1n) is 8.31. The molecular formula is C20H21N3O. The predicted octanol–water partition coefficient (Wildman–Crippen LogP) is 2.97. The van der Waals surface area contributed by atoms with E-state index in [2.05, 4.69) is 42.2 Å². The van der Waals surface area contributed by atoms with Gasteiger partial charge in [0.25, 0.3) is 0 Å². The fourth-order valence-corrected chi connectivity index (χ4v) is 3.21. The lowest BCUT2D eigenvalue weighted by Crippen LogP contribution is -2.50. The summed E-state index contributed by atoms with van der Waals surface area (Å²) in [5.41, 5.74) is 3.90. The van der Waals surface area contributed by atoms with Crippen molar-refractivity contribution in [3.8, 4) is 6.07 Å². The lowest BCUT2D eigenvalue weighted by Gasteiger charge is -2.35. The number of nitrogens with zero attached hydrogens (tertiary/aromatic N) is 3. The van der Waals surface area contributed by atoms with Crippen LogP contribution >= 0.6 is 0 Å². The van der Waals surface area contributed by atoms with Crippen LogP contribution in [-0.4, -0.2) is 30.4 Å². The molecule has 3 rings (SSSR count). The monoisotopic (exact) mass is 319 g/mol. The van der Waals surface area contributed by atoms with E-state index in [9.17, 15) is 10.1 Å². The van der Waals surface area contributed by atoms with Gasteiger partial charge in [0.05, 0.1) is 17.8 Å². The van der Waals surface area contributed by atoms with E-state index in [0.717, 1.165) is 25.2 Å². The first-order valence-corrected chi connectivity index (χ1v) is 8.31. The van der Waals surface area contributed by atoms with Crippen LogP contribution in [0.4, 0.5) is 5.69 Å². The molecule has 1 amide bonds. The zero-order valence-corrected chi connectivity index (χ0v) is 13.9. The zero-order chi connectivity index (χ0) is 16.9.